The van der Waals surface area contributed by atoms with Gasteiger partial charge in [-0.3, -0.25) is 0 Å². The molecular formula is C8H16O4. The van der Waals surface area contributed by atoms with Crippen LogP contribution in [0.25, 0.3) is 0 Å². The Hall–Kier alpha value is -0.160. The van der Waals surface area contributed by atoms with E-state index in [0.717, 1.165) is 0 Å². The summed E-state index contributed by atoms with van der Waals surface area (Å²) in [6.07, 6.45) is -0.582. The molecule has 0 spiro atoms. The van der Waals surface area contributed by atoms with Crippen LogP contribution in [-0.2, 0) is 9.47 Å². The quantitative estimate of drug-likeness (QED) is 0.608. The molecule has 1 heterocycles. The van der Waals surface area contributed by atoms with Crippen molar-refractivity contribution >= 4 is 0 Å². The van der Waals surface area contributed by atoms with Crippen LogP contribution < -0.4 is 0 Å². The first-order chi connectivity index (χ1) is 5.69. The van der Waals surface area contributed by atoms with Crippen LogP contribution >= 0.6 is 0 Å². The molecule has 2 N–H and O–H groups in total. The van der Waals surface area contributed by atoms with Gasteiger partial charge < -0.3 is 19.7 Å². The maximum Gasteiger partial charge on any atom is 0.158 e. The minimum absolute atomic E-state index is 0.0191. The first kappa shape index (κ1) is 9.92. The minimum Gasteiger partial charge on any atom is -0.396 e. The van der Waals surface area contributed by atoms with Gasteiger partial charge in [0.15, 0.2) is 6.29 Å². The predicted octanol–water partition coefficient (Wildman–Crippen LogP) is -0.263. The zero-order valence-electron chi connectivity index (χ0n) is 7.43. The van der Waals surface area contributed by atoms with Crippen molar-refractivity contribution in [2.45, 2.75) is 31.8 Å². The molecule has 72 valence electrons. The summed E-state index contributed by atoms with van der Waals surface area (Å²) in [7, 11) is 1.56. The van der Waals surface area contributed by atoms with E-state index in [1.807, 2.05) is 0 Å². The lowest BCUT2D eigenvalue weighted by Crippen LogP contribution is -2.45. The van der Waals surface area contributed by atoms with Gasteiger partial charge in [-0.05, 0) is 6.92 Å². The van der Waals surface area contributed by atoms with Crippen LogP contribution in [0.5, 0.6) is 0 Å². The Morgan fingerprint density at radius 2 is 2.25 bits per heavy atom. The van der Waals surface area contributed by atoms with E-state index in [1.54, 1.807) is 14.0 Å². The van der Waals surface area contributed by atoms with Crippen LogP contribution in [0, 0.1) is 5.92 Å². The normalized spacial score (nSPS) is 43.0. The minimum atomic E-state index is -0.582. The second kappa shape index (κ2) is 4.18. The van der Waals surface area contributed by atoms with E-state index < -0.39 is 6.10 Å². The van der Waals surface area contributed by atoms with Gasteiger partial charge >= 0.3 is 0 Å². The third-order valence-electron chi connectivity index (χ3n) is 2.32. The molecule has 0 aromatic carbocycles. The monoisotopic (exact) mass is 176 g/mol. The van der Waals surface area contributed by atoms with E-state index in [2.05, 4.69) is 0 Å². The molecule has 1 saturated heterocycles. The van der Waals surface area contributed by atoms with Gasteiger partial charge in [0.2, 0.25) is 0 Å². The van der Waals surface area contributed by atoms with E-state index in [1.165, 1.54) is 0 Å². The molecule has 1 aliphatic rings. The smallest absolute Gasteiger partial charge is 0.158 e. The molecule has 4 unspecified atom stereocenters. The van der Waals surface area contributed by atoms with Crippen LogP contribution in [-0.4, -0.2) is 42.4 Å². The molecule has 1 aliphatic heterocycles. The Bertz CT molecular complexity index is 139. The number of rotatable bonds is 2. The molecule has 0 saturated carbocycles. The lowest BCUT2D eigenvalue weighted by molar-refractivity contribution is -0.228. The van der Waals surface area contributed by atoms with Crippen molar-refractivity contribution in [3.8, 4) is 0 Å². The molecular weight excluding hydrogens is 160 g/mol. The molecule has 0 aromatic heterocycles. The average Bonchev–Trinajstić information content (AvgIpc) is 2.09. The van der Waals surface area contributed by atoms with Gasteiger partial charge in [0.1, 0.15) is 0 Å². The molecule has 0 radical (unpaired) electrons. The Balaban J connectivity index is 2.52. The summed E-state index contributed by atoms with van der Waals surface area (Å²) < 4.78 is 10.3. The van der Waals surface area contributed by atoms with Gasteiger partial charge in [0.05, 0.1) is 12.2 Å². The van der Waals surface area contributed by atoms with E-state index in [4.69, 9.17) is 14.6 Å². The van der Waals surface area contributed by atoms with Gasteiger partial charge in [-0.15, -0.1) is 0 Å². The maximum absolute atomic E-state index is 9.51. The van der Waals surface area contributed by atoms with Crippen molar-refractivity contribution < 1.29 is 19.7 Å². The summed E-state index contributed by atoms with van der Waals surface area (Å²) in [4.78, 5) is 0. The Morgan fingerprint density at radius 3 is 2.75 bits per heavy atom. The third kappa shape index (κ3) is 1.95. The summed E-state index contributed by atoms with van der Waals surface area (Å²) in [6.45, 7) is 1.76. The summed E-state index contributed by atoms with van der Waals surface area (Å²) in [5.41, 5.74) is 0. The highest BCUT2D eigenvalue weighted by atomic mass is 16.7. The molecule has 4 heteroatoms. The first-order valence-corrected chi connectivity index (χ1v) is 4.16. The molecule has 0 aliphatic carbocycles. The lowest BCUT2D eigenvalue weighted by atomic mass is 9.93. The molecule has 1 rings (SSSR count). The number of hydrogen-bond donors (Lipinski definition) is 2. The predicted molar refractivity (Wildman–Crippen MR) is 42.5 cm³/mol. The first-order valence-electron chi connectivity index (χ1n) is 4.16. The maximum atomic E-state index is 9.51. The lowest BCUT2D eigenvalue weighted by Gasteiger charge is -2.36. The van der Waals surface area contributed by atoms with Crippen molar-refractivity contribution in [2.75, 3.05) is 13.7 Å². The van der Waals surface area contributed by atoms with Crippen LogP contribution in [0.15, 0.2) is 0 Å². The van der Waals surface area contributed by atoms with Crippen LogP contribution in [0.3, 0.4) is 0 Å². The van der Waals surface area contributed by atoms with Crippen molar-refractivity contribution in [2.24, 2.45) is 5.92 Å². The fraction of sp³-hybridized carbons (Fsp3) is 1.00. The number of methoxy groups -OCH3 is 1. The van der Waals surface area contributed by atoms with Crippen molar-refractivity contribution in [3.63, 3.8) is 0 Å². The summed E-state index contributed by atoms with van der Waals surface area (Å²) in [5, 5.41) is 18.4. The number of aliphatic hydroxyl groups is 2. The highest BCUT2D eigenvalue weighted by Gasteiger charge is 2.34. The Labute approximate surface area is 72.1 Å². The SMILES string of the molecule is COC1CC(CO)C(O)C(C)O1. The fourth-order valence-corrected chi connectivity index (χ4v) is 1.48. The number of ether oxygens (including phenoxy) is 2. The number of hydrogen-bond acceptors (Lipinski definition) is 4. The van der Waals surface area contributed by atoms with Gasteiger partial charge in [-0.1, -0.05) is 0 Å². The average molecular weight is 176 g/mol. The molecule has 0 amide bonds. The molecule has 0 bridgehead atoms. The van der Waals surface area contributed by atoms with E-state index in [-0.39, 0.29) is 24.9 Å². The Kier molecular flexibility index (Phi) is 3.46. The zero-order valence-corrected chi connectivity index (χ0v) is 7.43. The van der Waals surface area contributed by atoms with Gasteiger partial charge in [-0.2, -0.15) is 0 Å². The zero-order chi connectivity index (χ0) is 9.14. The van der Waals surface area contributed by atoms with Crippen molar-refractivity contribution in [3.05, 3.63) is 0 Å². The van der Waals surface area contributed by atoms with Gasteiger partial charge in [0, 0.05) is 26.1 Å². The van der Waals surface area contributed by atoms with Crippen LogP contribution in [0.4, 0.5) is 0 Å². The Morgan fingerprint density at radius 1 is 1.58 bits per heavy atom. The van der Waals surface area contributed by atoms with Crippen LogP contribution in [0.2, 0.25) is 0 Å². The number of aliphatic hydroxyl groups excluding tert-OH is 2. The second-order valence-corrected chi connectivity index (χ2v) is 3.18. The van der Waals surface area contributed by atoms with E-state index >= 15 is 0 Å². The molecule has 4 atom stereocenters. The van der Waals surface area contributed by atoms with E-state index in [9.17, 15) is 5.11 Å². The summed E-state index contributed by atoms with van der Waals surface area (Å²) in [5.74, 6) is -0.126. The van der Waals surface area contributed by atoms with Crippen molar-refractivity contribution in [1.29, 1.82) is 0 Å². The largest absolute Gasteiger partial charge is 0.396 e. The van der Waals surface area contributed by atoms with Gasteiger partial charge in [0.25, 0.3) is 0 Å². The molecule has 4 nitrogen and oxygen atoms in total. The van der Waals surface area contributed by atoms with E-state index in [0.29, 0.717) is 6.42 Å². The van der Waals surface area contributed by atoms with Gasteiger partial charge in [-0.25, -0.2) is 0 Å². The summed E-state index contributed by atoms with van der Waals surface area (Å²) in [6, 6.07) is 0. The van der Waals surface area contributed by atoms with Crippen LogP contribution in [0.1, 0.15) is 13.3 Å². The fourth-order valence-electron chi connectivity index (χ4n) is 1.48. The summed E-state index contributed by atoms with van der Waals surface area (Å²) >= 11 is 0. The topological polar surface area (TPSA) is 58.9 Å². The molecule has 0 aromatic rings. The second-order valence-electron chi connectivity index (χ2n) is 3.18. The highest BCUT2D eigenvalue weighted by molar-refractivity contribution is 4.79. The third-order valence-corrected chi connectivity index (χ3v) is 2.32. The molecule has 1 fully saturated rings. The standard InChI is InChI=1S/C8H16O4/c1-5-8(10)6(4-9)3-7(11-2)12-5/h5-10H,3-4H2,1-2H3. The van der Waals surface area contributed by atoms with Crippen molar-refractivity contribution in [1.82, 2.24) is 0 Å². The highest BCUT2D eigenvalue weighted by Crippen LogP contribution is 2.25. The molecule has 12 heavy (non-hydrogen) atoms.